The maximum absolute atomic E-state index is 12.3. The van der Waals surface area contributed by atoms with Crippen molar-refractivity contribution in [2.75, 3.05) is 46.3 Å². The fraction of sp³-hybridized carbons (Fsp3) is 0.500. The van der Waals surface area contributed by atoms with Crippen LogP contribution in [0.5, 0.6) is 5.75 Å². The molecule has 4 heterocycles. The Hall–Kier alpha value is -3.23. The number of aromatic nitrogens is 3. The third-order valence-electron chi connectivity index (χ3n) is 9.05. The van der Waals surface area contributed by atoms with Gasteiger partial charge in [-0.25, -0.2) is 0 Å². The van der Waals surface area contributed by atoms with E-state index in [1.54, 1.807) is 6.07 Å². The number of carbonyl (C=O) groups excluding carboxylic acids is 1. The van der Waals surface area contributed by atoms with Crippen LogP contribution in [0.2, 0.25) is 0 Å². The molecule has 0 radical (unpaired) electrons. The van der Waals surface area contributed by atoms with Crippen molar-refractivity contribution in [1.82, 2.24) is 29.9 Å². The van der Waals surface area contributed by atoms with Gasteiger partial charge in [0.1, 0.15) is 5.75 Å². The summed E-state index contributed by atoms with van der Waals surface area (Å²) >= 11 is 0. The molecule has 0 spiro atoms. The Kier molecular flexibility index (Phi) is 6.93. The molecule has 1 unspecified atom stereocenters. The van der Waals surface area contributed by atoms with E-state index in [1.807, 2.05) is 23.1 Å². The number of likely N-dealkylation sites (tertiary alicyclic amines) is 1. The molecular weight excluding hydrogens is 476 g/mol. The van der Waals surface area contributed by atoms with E-state index in [-0.39, 0.29) is 17.6 Å². The van der Waals surface area contributed by atoms with Gasteiger partial charge in [0.2, 0.25) is 5.91 Å². The number of hydrogen-bond acceptors (Lipinski definition) is 6. The first-order chi connectivity index (χ1) is 18.5. The highest BCUT2D eigenvalue weighted by Gasteiger charge is 2.35. The van der Waals surface area contributed by atoms with E-state index < -0.39 is 0 Å². The van der Waals surface area contributed by atoms with Crippen LogP contribution in [0.3, 0.4) is 0 Å². The summed E-state index contributed by atoms with van der Waals surface area (Å²) in [5.74, 6) is 0.889. The predicted molar refractivity (Wildman–Crippen MR) is 149 cm³/mol. The normalized spacial score (nSPS) is 25.2. The molecule has 2 N–H and O–H groups in total. The zero-order valence-electron chi connectivity index (χ0n) is 22.3. The number of H-pyrrole nitrogens is 1. The standard InChI is InChI=1S/C30H38N6O2/c1-3-27(38)36-13-12-21(19-36)29-28(20-8-10-22(11-9-20)35-16-14-34(2)15-17-35)24-18-25(32-33-30(24)31-29)23-6-4-5-7-26(23)37/h3-7,18,20-22,37H,1,8-17,19H2,2H3,(H,31,33). The molecule has 1 aromatic carbocycles. The van der Waals surface area contributed by atoms with Gasteiger partial charge in [0.05, 0.1) is 5.69 Å². The second kappa shape index (κ2) is 10.5. The zero-order chi connectivity index (χ0) is 26.2. The maximum Gasteiger partial charge on any atom is 0.245 e. The zero-order valence-corrected chi connectivity index (χ0v) is 22.3. The number of fused-ring (bicyclic) bond motifs is 1. The third-order valence-corrected chi connectivity index (χ3v) is 9.05. The first-order valence-electron chi connectivity index (χ1n) is 14.0. The van der Waals surface area contributed by atoms with Gasteiger partial charge in [-0.2, -0.15) is 0 Å². The largest absolute Gasteiger partial charge is 0.507 e. The molecule has 38 heavy (non-hydrogen) atoms. The highest BCUT2D eigenvalue weighted by molar-refractivity contribution is 5.88. The van der Waals surface area contributed by atoms with Crippen LogP contribution in [0.1, 0.15) is 55.2 Å². The Labute approximate surface area is 224 Å². The molecule has 2 aliphatic heterocycles. The molecule has 2 aromatic heterocycles. The van der Waals surface area contributed by atoms with Gasteiger partial charge in [0, 0.05) is 67.9 Å². The molecule has 8 heteroatoms. The molecule has 1 saturated carbocycles. The van der Waals surface area contributed by atoms with Crippen molar-refractivity contribution in [2.24, 2.45) is 0 Å². The summed E-state index contributed by atoms with van der Waals surface area (Å²) < 4.78 is 0. The van der Waals surface area contributed by atoms with E-state index in [0.717, 1.165) is 49.9 Å². The number of nitrogens with one attached hydrogen (secondary N) is 1. The molecule has 3 aliphatic rings. The van der Waals surface area contributed by atoms with E-state index in [9.17, 15) is 9.90 Å². The van der Waals surface area contributed by atoms with Crippen LogP contribution in [0.25, 0.3) is 22.3 Å². The SMILES string of the molecule is C=CC(=O)N1CCC(c2[nH]c3nnc(-c4ccccc4O)cc3c2C2CCC(N3CCN(C)CC3)CC2)C1. The molecule has 200 valence electrons. The summed E-state index contributed by atoms with van der Waals surface area (Å²) in [6, 6.07) is 10.1. The van der Waals surface area contributed by atoms with Gasteiger partial charge in [-0.05, 0) is 74.9 Å². The molecule has 2 saturated heterocycles. The first kappa shape index (κ1) is 25.1. The number of hydrogen-bond donors (Lipinski definition) is 2. The number of phenolic OH excluding ortho intramolecular Hbond substituents is 1. The van der Waals surface area contributed by atoms with Crippen molar-refractivity contribution in [1.29, 1.82) is 0 Å². The number of nitrogens with zero attached hydrogens (tertiary/aromatic N) is 5. The Morgan fingerprint density at radius 2 is 1.79 bits per heavy atom. The van der Waals surface area contributed by atoms with Gasteiger partial charge in [-0.15, -0.1) is 10.2 Å². The number of para-hydroxylation sites is 1. The van der Waals surface area contributed by atoms with Crippen molar-refractivity contribution < 1.29 is 9.90 Å². The number of phenols is 1. The van der Waals surface area contributed by atoms with Crippen LogP contribution in [0, 0.1) is 0 Å². The predicted octanol–water partition coefficient (Wildman–Crippen LogP) is 4.11. The van der Waals surface area contributed by atoms with Gasteiger partial charge in [-0.3, -0.25) is 9.69 Å². The molecule has 8 nitrogen and oxygen atoms in total. The van der Waals surface area contributed by atoms with Crippen molar-refractivity contribution in [3.8, 4) is 17.0 Å². The third kappa shape index (κ3) is 4.71. The topological polar surface area (TPSA) is 88.6 Å². The first-order valence-corrected chi connectivity index (χ1v) is 14.0. The second-order valence-electron chi connectivity index (χ2n) is 11.3. The molecule has 6 rings (SSSR count). The van der Waals surface area contributed by atoms with Crippen LogP contribution in [-0.2, 0) is 4.79 Å². The lowest BCUT2D eigenvalue weighted by molar-refractivity contribution is -0.125. The minimum Gasteiger partial charge on any atom is -0.507 e. The number of carbonyl (C=O) groups is 1. The van der Waals surface area contributed by atoms with E-state index >= 15 is 0 Å². The lowest BCUT2D eigenvalue weighted by Gasteiger charge is -2.41. The lowest BCUT2D eigenvalue weighted by Crippen LogP contribution is -2.49. The quantitative estimate of drug-likeness (QED) is 0.499. The Morgan fingerprint density at radius 3 is 2.53 bits per heavy atom. The van der Waals surface area contributed by atoms with Gasteiger partial charge in [0.25, 0.3) is 0 Å². The molecule has 1 aliphatic carbocycles. The van der Waals surface area contributed by atoms with E-state index in [1.165, 1.54) is 43.3 Å². The molecule has 1 atom stereocenters. The van der Waals surface area contributed by atoms with Gasteiger partial charge >= 0.3 is 0 Å². The van der Waals surface area contributed by atoms with Crippen LogP contribution in [-0.4, -0.2) is 93.3 Å². The number of likely N-dealkylation sites (N-methyl/N-ethyl adjacent to an activating group) is 1. The Morgan fingerprint density at radius 1 is 1.03 bits per heavy atom. The average molecular weight is 515 g/mol. The minimum absolute atomic E-state index is 0.000485. The van der Waals surface area contributed by atoms with Crippen LogP contribution < -0.4 is 0 Å². The second-order valence-corrected chi connectivity index (χ2v) is 11.3. The van der Waals surface area contributed by atoms with Gasteiger partial charge in [-0.1, -0.05) is 18.7 Å². The Bertz CT molecular complexity index is 1320. The average Bonchev–Trinajstić information content (AvgIpc) is 3.58. The van der Waals surface area contributed by atoms with Crippen LogP contribution >= 0.6 is 0 Å². The summed E-state index contributed by atoms with van der Waals surface area (Å²) in [7, 11) is 2.21. The lowest BCUT2D eigenvalue weighted by atomic mass is 9.78. The van der Waals surface area contributed by atoms with E-state index in [0.29, 0.717) is 29.8 Å². The molecule has 0 bridgehead atoms. The number of piperazine rings is 1. The van der Waals surface area contributed by atoms with Crippen molar-refractivity contribution >= 4 is 16.9 Å². The summed E-state index contributed by atoms with van der Waals surface area (Å²) in [6.07, 6.45) is 7.04. The van der Waals surface area contributed by atoms with E-state index in [2.05, 4.69) is 44.7 Å². The fourth-order valence-electron chi connectivity index (χ4n) is 6.85. The summed E-state index contributed by atoms with van der Waals surface area (Å²) in [5, 5.41) is 20.6. The van der Waals surface area contributed by atoms with Crippen molar-refractivity contribution in [3.05, 3.63) is 54.2 Å². The number of benzene rings is 1. The van der Waals surface area contributed by atoms with Crippen molar-refractivity contribution in [2.45, 2.75) is 50.0 Å². The molecule has 1 amide bonds. The summed E-state index contributed by atoms with van der Waals surface area (Å²) in [5.41, 5.74) is 4.73. The molecular formula is C30H38N6O2. The monoisotopic (exact) mass is 514 g/mol. The minimum atomic E-state index is -0.000485. The van der Waals surface area contributed by atoms with Crippen molar-refractivity contribution in [3.63, 3.8) is 0 Å². The van der Waals surface area contributed by atoms with Gasteiger partial charge < -0.3 is 19.9 Å². The highest BCUT2D eigenvalue weighted by Crippen LogP contribution is 2.44. The smallest absolute Gasteiger partial charge is 0.245 e. The molecule has 3 fully saturated rings. The van der Waals surface area contributed by atoms with E-state index in [4.69, 9.17) is 0 Å². The Balaban J connectivity index is 1.33. The number of amides is 1. The summed E-state index contributed by atoms with van der Waals surface area (Å²) in [4.78, 5) is 23.0. The van der Waals surface area contributed by atoms with Gasteiger partial charge in [0.15, 0.2) is 5.65 Å². The highest BCUT2D eigenvalue weighted by atomic mass is 16.3. The number of rotatable bonds is 5. The molecule has 3 aromatic rings. The number of aromatic hydroxyl groups is 1. The van der Waals surface area contributed by atoms with Crippen LogP contribution in [0.15, 0.2) is 43.0 Å². The fourth-order valence-corrected chi connectivity index (χ4v) is 6.85. The number of aromatic amines is 1. The maximum atomic E-state index is 12.3. The van der Waals surface area contributed by atoms with Crippen LogP contribution in [0.4, 0.5) is 0 Å². The summed E-state index contributed by atoms with van der Waals surface area (Å²) in [6.45, 7) is 9.76.